The van der Waals surface area contributed by atoms with Crippen molar-refractivity contribution in [3.05, 3.63) is 34.9 Å². The third-order valence-electron chi connectivity index (χ3n) is 2.69. The summed E-state index contributed by atoms with van der Waals surface area (Å²) in [5.74, 6) is 0.0200. The summed E-state index contributed by atoms with van der Waals surface area (Å²) in [6.45, 7) is 2.32. The van der Waals surface area contributed by atoms with E-state index in [0.717, 1.165) is 5.56 Å². The fourth-order valence-electron chi connectivity index (χ4n) is 1.49. The summed E-state index contributed by atoms with van der Waals surface area (Å²) in [4.78, 5) is 11.7. The number of hydrogen-bond acceptors (Lipinski definition) is 3. The van der Waals surface area contributed by atoms with Crippen LogP contribution in [-0.4, -0.2) is 31.1 Å². The number of ether oxygens (including phenoxy) is 1. The van der Waals surface area contributed by atoms with Crippen molar-refractivity contribution in [1.29, 1.82) is 0 Å². The van der Waals surface area contributed by atoms with Crippen molar-refractivity contribution in [2.24, 2.45) is 0 Å². The van der Waals surface area contributed by atoms with E-state index < -0.39 is 0 Å². The van der Waals surface area contributed by atoms with Gasteiger partial charge in [-0.15, -0.1) is 0 Å². The molecule has 18 heavy (non-hydrogen) atoms. The summed E-state index contributed by atoms with van der Waals surface area (Å²) < 4.78 is 5.37. The molecule has 0 aliphatic carbocycles. The quantitative estimate of drug-likeness (QED) is 0.874. The van der Waals surface area contributed by atoms with E-state index >= 15 is 0 Å². The monoisotopic (exact) mass is 287 g/mol. The number of carbonyl (C=O) groups is 1. The highest BCUT2D eigenvalue weighted by molar-refractivity contribution is 7.99. The topological polar surface area (TPSA) is 38.3 Å². The molecule has 0 aliphatic heterocycles. The van der Waals surface area contributed by atoms with Crippen molar-refractivity contribution in [3.63, 3.8) is 0 Å². The fourth-order valence-corrected chi connectivity index (χ4v) is 1.98. The second kappa shape index (κ2) is 7.67. The Morgan fingerprint density at radius 3 is 2.83 bits per heavy atom. The van der Waals surface area contributed by atoms with Gasteiger partial charge in [0.1, 0.15) is 0 Å². The molecule has 0 saturated carbocycles. The van der Waals surface area contributed by atoms with Gasteiger partial charge >= 0.3 is 0 Å². The van der Waals surface area contributed by atoms with Gasteiger partial charge in [0.2, 0.25) is 5.91 Å². The predicted octanol–water partition coefficient (Wildman–Crippen LogP) is 2.90. The van der Waals surface area contributed by atoms with Crippen LogP contribution in [0.3, 0.4) is 0 Å². The van der Waals surface area contributed by atoms with Gasteiger partial charge in [-0.2, -0.15) is 11.8 Å². The molecule has 1 N–H and O–H groups in total. The van der Waals surface area contributed by atoms with Crippen LogP contribution >= 0.6 is 23.4 Å². The van der Waals surface area contributed by atoms with Gasteiger partial charge in [0, 0.05) is 18.7 Å². The lowest BCUT2D eigenvalue weighted by Gasteiger charge is -2.18. The molecule has 0 bridgehead atoms. The summed E-state index contributed by atoms with van der Waals surface area (Å²) in [5, 5.41) is 3.49. The summed E-state index contributed by atoms with van der Waals surface area (Å²) in [7, 11) is 1.62. The van der Waals surface area contributed by atoms with E-state index in [1.54, 1.807) is 7.11 Å². The standard InChI is InChI=1S/C13H18ClNO2S/c1-9(18-3)13(16)15-8-12(17-2)10-5-4-6-11(14)7-10/h4-7,9,12H,8H2,1-3H3,(H,15,16)/t9-,12+/m0/s1. The van der Waals surface area contributed by atoms with Gasteiger partial charge in [-0.3, -0.25) is 4.79 Å². The van der Waals surface area contributed by atoms with Gasteiger partial charge in [-0.1, -0.05) is 23.7 Å². The van der Waals surface area contributed by atoms with E-state index in [4.69, 9.17) is 16.3 Å². The third-order valence-corrected chi connectivity index (χ3v) is 3.85. The first-order valence-corrected chi connectivity index (χ1v) is 7.33. The van der Waals surface area contributed by atoms with Crippen LogP contribution in [0, 0.1) is 0 Å². The lowest BCUT2D eigenvalue weighted by Crippen LogP contribution is -2.34. The molecule has 0 fully saturated rings. The Balaban J connectivity index is 2.60. The van der Waals surface area contributed by atoms with Crippen LogP contribution in [0.15, 0.2) is 24.3 Å². The lowest BCUT2D eigenvalue weighted by atomic mass is 10.1. The van der Waals surface area contributed by atoms with Crippen molar-refractivity contribution in [3.8, 4) is 0 Å². The number of amides is 1. The van der Waals surface area contributed by atoms with E-state index in [9.17, 15) is 4.79 Å². The van der Waals surface area contributed by atoms with Crippen molar-refractivity contribution in [2.45, 2.75) is 18.3 Å². The van der Waals surface area contributed by atoms with Crippen LogP contribution in [0.2, 0.25) is 5.02 Å². The number of nitrogens with one attached hydrogen (secondary N) is 1. The average Bonchev–Trinajstić information content (AvgIpc) is 2.38. The Kier molecular flexibility index (Phi) is 6.54. The van der Waals surface area contributed by atoms with Crippen molar-refractivity contribution >= 4 is 29.3 Å². The maximum atomic E-state index is 11.7. The molecule has 3 nitrogen and oxygen atoms in total. The Bertz CT molecular complexity index is 400. The first-order valence-electron chi connectivity index (χ1n) is 5.67. The molecule has 1 rings (SSSR count). The molecule has 1 amide bonds. The Hall–Kier alpha value is -0.710. The zero-order valence-electron chi connectivity index (χ0n) is 10.8. The highest BCUT2D eigenvalue weighted by Crippen LogP contribution is 2.19. The van der Waals surface area contributed by atoms with Crippen LogP contribution in [0.5, 0.6) is 0 Å². The molecule has 0 heterocycles. The van der Waals surface area contributed by atoms with Gasteiger partial charge in [0.25, 0.3) is 0 Å². The smallest absolute Gasteiger partial charge is 0.232 e. The molecule has 0 spiro atoms. The van der Waals surface area contributed by atoms with Gasteiger partial charge < -0.3 is 10.1 Å². The van der Waals surface area contributed by atoms with Crippen LogP contribution in [0.4, 0.5) is 0 Å². The average molecular weight is 288 g/mol. The van der Waals surface area contributed by atoms with Gasteiger partial charge in [-0.05, 0) is 30.9 Å². The number of methoxy groups -OCH3 is 1. The van der Waals surface area contributed by atoms with Crippen LogP contribution in [0.25, 0.3) is 0 Å². The maximum absolute atomic E-state index is 11.7. The van der Waals surface area contributed by atoms with Gasteiger partial charge in [0.05, 0.1) is 11.4 Å². The summed E-state index contributed by atoms with van der Waals surface area (Å²) >= 11 is 7.45. The summed E-state index contributed by atoms with van der Waals surface area (Å²) in [6.07, 6.45) is 1.73. The SMILES string of the molecule is CO[C@H](CNC(=O)[C@H](C)SC)c1cccc(Cl)c1. The zero-order valence-corrected chi connectivity index (χ0v) is 12.3. The molecule has 1 aromatic rings. The highest BCUT2D eigenvalue weighted by atomic mass is 35.5. The minimum atomic E-state index is -0.179. The molecule has 0 aliphatic rings. The fraction of sp³-hybridized carbons (Fsp3) is 0.462. The van der Waals surface area contributed by atoms with Crippen LogP contribution in [0.1, 0.15) is 18.6 Å². The Morgan fingerprint density at radius 1 is 1.56 bits per heavy atom. The number of hydrogen-bond donors (Lipinski definition) is 1. The molecule has 1 aromatic carbocycles. The number of carbonyl (C=O) groups excluding carboxylic acids is 1. The molecule has 0 radical (unpaired) electrons. The predicted molar refractivity (Wildman–Crippen MR) is 77.2 cm³/mol. The molecule has 0 aromatic heterocycles. The normalized spacial score (nSPS) is 14.0. The highest BCUT2D eigenvalue weighted by Gasteiger charge is 2.15. The van der Waals surface area contributed by atoms with E-state index in [1.807, 2.05) is 37.4 Å². The van der Waals surface area contributed by atoms with Gasteiger partial charge in [0.15, 0.2) is 0 Å². The molecular weight excluding hydrogens is 270 g/mol. The minimum Gasteiger partial charge on any atom is -0.375 e. The van der Waals surface area contributed by atoms with E-state index in [2.05, 4.69) is 5.32 Å². The minimum absolute atomic E-state index is 0.0200. The number of halogens is 1. The zero-order chi connectivity index (χ0) is 13.5. The van der Waals surface area contributed by atoms with Crippen LogP contribution in [-0.2, 0) is 9.53 Å². The van der Waals surface area contributed by atoms with E-state index in [1.165, 1.54) is 11.8 Å². The lowest BCUT2D eigenvalue weighted by molar-refractivity contribution is -0.120. The number of rotatable bonds is 6. The molecular formula is C13H18ClNO2S. The van der Waals surface area contributed by atoms with Crippen molar-refractivity contribution < 1.29 is 9.53 Å². The van der Waals surface area contributed by atoms with Gasteiger partial charge in [-0.25, -0.2) is 0 Å². The molecule has 0 unspecified atom stereocenters. The molecule has 0 saturated heterocycles. The third kappa shape index (κ3) is 4.52. The van der Waals surface area contributed by atoms with E-state index in [0.29, 0.717) is 11.6 Å². The van der Waals surface area contributed by atoms with Crippen LogP contribution < -0.4 is 5.32 Å². The second-order valence-corrected chi connectivity index (χ2v) is 5.52. The summed E-state index contributed by atoms with van der Waals surface area (Å²) in [5.41, 5.74) is 0.960. The molecule has 2 atom stereocenters. The Labute approximate surface area is 117 Å². The maximum Gasteiger partial charge on any atom is 0.232 e. The van der Waals surface area contributed by atoms with Crippen molar-refractivity contribution in [2.75, 3.05) is 19.9 Å². The van der Waals surface area contributed by atoms with E-state index in [-0.39, 0.29) is 17.3 Å². The first-order chi connectivity index (χ1) is 8.58. The largest absolute Gasteiger partial charge is 0.375 e. The summed E-state index contributed by atoms with van der Waals surface area (Å²) in [6, 6.07) is 7.46. The number of benzene rings is 1. The second-order valence-electron chi connectivity index (χ2n) is 3.90. The molecule has 100 valence electrons. The Morgan fingerprint density at radius 2 is 2.28 bits per heavy atom. The number of thioether (sulfide) groups is 1. The molecule has 5 heteroatoms. The first kappa shape index (κ1) is 15.3. The van der Waals surface area contributed by atoms with Crippen molar-refractivity contribution in [1.82, 2.24) is 5.32 Å².